The molecule has 0 aliphatic rings. The summed E-state index contributed by atoms with van der Waals surface area (Å²) in [5.41, 5.74) is 5.69. The molecule has 0 heterocycles. The van der Waals surface area contributed by atoms with E-state index in [1.165, 1.54) is 12.1 Å². The highest BCUT2D eigenvalue weighted by Crippen LogP contribution is 2.19. The summed E-state index contributed by atoms with van der Waals surface area (Å²) < 4.78 is 13.3. The van der Waals surface area contributed by atoms with Gasteiger partial charge in [-0.1, -0.05) is 18.5 Å². The first kappa shape index (κ1) is 16.2. The van der Waals surface area contributed by atoms with Crippen LogP contribution in [0.5, 0.6) is 0 Å². The maximum Gasteiger partial charge on any atom is 0.228 e. The van der Waals surface area contributed by atoms with Crippen molar-refractivity contribution >= 4 is 35.6 Å². The van der Waals surface area contributed by atoms with Gasteiger partial charge in [0.1, 0.15) is 5.82 Å². The Hall–Kier alpha value is -0.840. The number of carbonyl (C=O) groups is 1. The fraction of sp³-hybridized carbons (Fsp3) is 0.364. The van der Waals surface area contributed by atoms with Gasteiger partial charge in [0.05, 0.1) is 11.6 Å². The van der Waals surface area contributed by atoms with Crippen LogP contribution in [-0.4, -0.2) is 11.9 Å². The molecular formula is C11H15Cl2FN2O. The number of nitrogens with two attached hydrogens (primary N) is 1. The maximum absolute atomic E-state index is 13.3. The molecule has 2 atom stereocenters. The van der Waals surface area contributed by atoms with Crippen LogP contribution in [0.2, 0.25) is 5.02 Å². The molecule has 17 heavy (non-hydrogen) atoms. The molecule has 0 saturated carbocycles. The van der Waals surface area contributed by atoms with E-state index in [1.54, 1.807) is 13.8 Å². The van der Waals surface area contributed by atoms with Crippen molar-refractivity contribution in [3.63, 3.8) is 0 Å². The van der Waals surface area contributed by atoms with Gasteiger partial charge in [-0.05, 0) is 25.1 Å². The Morgan fingerprint density at radius 2 is 2.06 bits per heavy atom. The van der Waals surface area contributed by atoms with Crippen LogP contribution < -0.4 is 11.1 Å². The van der Waals surface area contributed by atoms with Crippen LogP contribution in [0, 0.1) is 11.7 Å². The van der Waals surface area contributed by atoms with E-state index in [0.717, 1.165) is 6.07 Å². The molecule has 1 aromatic rings. The molecule has 1 amide bonds. The van der Waals surface area contributed by atoms with Crippen molar-refractivity contribution in [2.75, 3.05) is 5.32 Å². The minimum atomic E-state index is -0.558. The van der Waals surface area contributed by atoms with Crippen molar-refractivity contribution in [1.29, 1.82) is 0 Å². The zero-order valence-electron chi connectivity index (χ0n) is 9.54. The Morgan fingerprint density at radius 3 is 2.53 bits per heavy atom. The van der Waals surface area contributed by atoms with E-state index in [0.29, 0.717) is 0 Å². The number of nitrogens with one attached hydrogen (secondary N) is 1. The number of hydrogen-bond donors (Lipinski definition) is 2. The van der Waals surface area contributed by atoms with Crippen LogP contribution in [0.3, 0.4) is 0 Å². The quantitative estimate of drug-likeness (QED) is 0.895. The molecule has 0 fully saturated rings. The molecule has 0 bridgehead atoms. The minimum absolute atomic E-state index is 0. The van der Waals surface area contributed by atoms with Crippen LogP contribution >= 0.6 is 24.0 Å². The monoisotopic (exact) mass is 280 g/mol. The summed E-state index contributed by atoms with van der Waals surface area (Å²) in [7, 11) is 0. The van der Waals surface area contributed by atoms with E-state index in [-0.39, 0.29) is 41.0 Å². The van der Waals surface area contributed by atoms with Gasteiger partial charge in [-0.25, -0.2) is 4.39 Å². The smallest absolute Gasteiger partial charge is 0.228 e. The Morgan fingerprint density at radius 1 is 1.47 bits per heavy atom. The van der Waals surface area contributed by atoms with Crippen LogP contribution in [-0.2, 0) is 4.79 Å². The lowest BCUT2D eigenvalue weighted by atomic mass is 10.0. The van der Waals surface area contributed by atoms with Gasteiger partial charge in [-0.3, -0.25) is 4.79 Å². The van der Waals surface area contributed by atoms with Crippen LogP contribution in [0.1, 0.15) is 13.8 Å². The summed E-state index contributed by atoms with van der Waals surface area (Å²) in [5.74, 6) is -1.25. The van der Waals surface area contributed by atoms with Crippen LogP contribution in [0.15, 0.2) is 18.2 Å². The van der Waals surface area contributed by atoms with Crippen LogP contribution in [0.25, 0.3) is 0 Å². The number of carbonyl (C=O) groups excluding carboxylic acids is 1. The number of anilines is 1. The molecule has 0 aliphatic carbocycles. The maximum atomic E-state index is 13.3. The van der Waals surface area contributed by atoms with Crippen molar-refractivity contribution in [2.45, 2.75) is 19.9 Å². The van der Waals surface area contributed by atoms with E-state index >= 15 is 0 Å². The number of halogens is 3. The van der Waals surface area contributed by atoms with Crippen LogP contribution in [0.4, 0.5) is 10.1 Å². The van der Waals surface area contributed by atoms with Gasteiger partial charge in [-0.2, -0.15) is 0 Å². The first-order valence-corrected chi connectivity index (χ1v) is 5.31. The standard InChI is InChI=1S/C11H14ClFN2O.ClH/c1-6(7(2)14)11(16)15-10-4-3-8(12)5-9(10)13;/h3-7H,14H2,1-2H3,(H,15,16);1H. The molecule has 96 valence electrons. The van der Waals surface area contributed by atoms with E-state index in [1.807, 2.05) is 0 Å². The Bertz CT molecular complexity index is 399. The molecule has 3 nitrogen and oxygen atoms in total. The van der Waals surface area contributed by atoms with Gasteiger partial charge in [0.2, 0.25) is 5.91 Å². The summed E-state index contributed by atoms with van der Waals surface area (Å²) in [5, 5.41) is 2.75. The zero-order valence-corrected chi connectivity index (χ0v) is 11.1. The third-order valence-corrected chi connectivity index (χ3v) is 2.63. The van der Waals surface area contributed by atoms with E-state index in [9.17, 15) is 9.18 Å². The molecule has 1 aromatic carbocycles. The molecule has 0 radical (unpaired) electrons. The van der Waals surface area contributed by atoms with Crippen molar-refractivity contribution in [1.82, 2.24) is 0 Å². The highest BCUT2D eigenvalue weighted by atomic mass is 35.5. The highest BCUT2D eigenvalue weighted by molar-refractivity contribution is 6.30. The van der Waals surface area contributed by atoms with Gasteiger partial charge in [0, 0.05) is 11.1 Å². The van der Waals surface area contributed by atoms with E-state index < -0.39 is 5.82 Å². The first-order valence-electron chi connectivity index (χ1n) is 4.93. The van der Waals surface area contributed by atoms with Crippen molar-refractivity contribution < 1.29 is 9.18 Å². The second-order valence-electron chi connectivity index (χ2n) is 3.76. The second kappa shape index (κ2) is 6.79. The Labute approximate surface area is 111 Å². The number of benzene rings is 1. The molecule has 0 saturated heterocycles. The molecule has 0 spiro atoms. The Kier molecular flexibility index (Phi) is 6.45. The second-order valence-corrected chi connectivity index (χ2v) is 4.20. The molecule has 3 N–H and O–H groups in total. The van der Waals surface area contributed by atoms with Crippen molar-refractivity contribution in [2.24, 2.45) is 11.7 Å². The molecule has 1 rings (SSSR count). The summed E-state index contributed by atoms with van der Waals surface area (Å²) in [6.45, 7) is 3.41. The number of rotatable bonds is 3. The van der Waals surface area contributed by atoms with Gasteiger partial charge in [0.15, 0.2) is 0 Å². The molecule has 0 aliphatic heterocycles. The average Bonchev–Trinajstić information content (AvgIpc) is 2.20. The van der Waals surface area contributed by atoms with Gasteiger partial charge in [0.25, 0.3) is 0 Å². The number of amides is 1. The summed E-state index contributed by atoms with van der Waals surface area (Å²) in [6.07, 6.45) is 0. The SMILES string of the molecule is CC(N)C(C)C(=O)Nc1ccc(Cl)cc1F.Cl. The van der Waals surface area contributed by atoms with E-state index in [2.05, 4.69) is 5.32 Å². The fourth-order valence-corrected chi connectivity index (χ4v) is 1.23. The van der Waals surface area contributed by atoms with E-state index in [4.69, 9.17) is 17.3 Å². The van der Waals surface area contributed by atoms with Gasteiger partial charge in [-0.15, -0.1) is 12.4 Å². The predicted molar refractivity (Wildman–Crippen MR) is 70.1 cm³/mol. The largest absolute Gasteiger partial charge is 0.327 e. The summed E-state index contributed by atoms with van der Waals surface area (Å²) in [4.78, 5) is 11.6. The van der Waals surface area contributed by atoms with Gasteiger partial charge >= 0.3 is 0 Å². The van der Waals surface area contributed by atoms with Gasteiger partial charge < -0.3 is 11.1 Å². The first-order chi connectivity index (χ1) is 7.41. The average molecular weight is 281 g/mol. The summed E-state index contributed by atoms with van der Waals surface area (Å²) >= 11 is 5.59. The lowest BCUT2D eigenvalue weighted by molar-refractivity contribution is -0.119. The normalized spacial score (nSPS) is 13.5. The third kappa shape index (κ3) is 4.50. The van der Waals surface area contributed by atoms with Crippen molar-refractivity contribution in [3.8, 4) is 0 Å². The molecular weight excluding hydrogens is 266 g/mol. The lowest BCUT2D eigenvalue weighted by Crippen LogP contribution is -2.34. The van der Waals surface area contributed by atoms with Crippen molar-refractivity contribution in [3.05, 3.63) is 29.0 Å². The lowest BCUT2D eigenvalue weighted by Gasteiger charge is -2.15. The molecule has 0 aromatic heterocycles. The third-order valence-electron chi connectivity index (χ3n) is 2.39. The number of hydrogen-bond acceptors (Lipinski definition) is 2. The molecule has 6 heteroatoms. The Balaban J connectivity index is 0.00000256. The topological polar surface area (TPSA) is 55.1 Å². The highest BCUT2D eigenvalue weighted by Gasteiger charge is 2.18. The summed E-state index contributed by atoms with van der Waals surface area (Å²) in [6, 6.07) is 3.80. The zero-order chi connectivity index (χ0) is 12.3. The minimum Gasteiger partial charge on any atom is -0.327 e. The predicted octanol–water partition coefficient (Wildman–Crippen LogP) is 2.82. The molecule has 2 unspecified atom stereocenters. The fourth-order valence-electron chi connectivity index (χ4n) is 1.08.